The fourth-order valence-corrected chi connectivity index (χ4v) is 4.07. The van der Waals surface area contributed by atoms with E-state index in [-0.39, 0.29) is 11.3 Å². The molecule has 0 aromatic carbocycles. The number of carbonyl (C=O) groups excluding carboxylic acids is 1. The highest BCUT2D eigenvalue weighted by Gasteiger charge is 2.53. The number of nitrogens with zero attached hydrogens (tertiary/aromatic N) is 5. The Balaban J connectivity index is 1.63. The van der Waals surface area contributed by atoms with E-state index < -0.39 is 0 Å². The van der Waals surface area contributed by atoms with Crippen molar-refractivity contribution in [2.24, 2.45) is 5.41 Å². The number of hydrogen-bond donors (Lipinski definition) is 0. The Bertz CT molecular complexity index is 707. The second-order valence-corrected chi connectivity index (χ2v) is 6.67. The summed E-state index contributed by atoms with van der Waals surface area (Å²) in [5.74, 6) is 1.44. The van der Waals surface area contributed by atoms with E-state index >= 15 is 0 Å². The lowest BCUT2D eigenvalue weighted by molar-refractivity contribution is 0.0723. The maximum absolute atomic E-state index is 12.8. The Morgan fingerprint density at radius 1 is 1.35 bits per heavy atom. The highest BCUT2D eigenvalue weighted by atomic mass is 16.2. The summed E-state index contributed by atoms with van der Waals surface area (Å²) in [6.07, 6.45) is 8.74. The van der Waals surface area contributed by atoms with Crippen molar-refractivity contribution in [3.63, 3.8) is 0 Å². The number of hydrogen-bond acceptors (Lipinski definition) is 4. The molecule has 1 saturated carbocycles. The highest BCUT2D eigenvalue weighted by Crippen LogP contribution is 2.55. The first kappa shape index (κ1) is 14.4. The molecular formula is C17H21N5O. The summed E-state index contributed by atoms with van der Waals surface area (Å²) < 4.78 is 2.12. The van der Waals surface area contributed by atoms with Crippen LogP contribution in [-0.4, -0.2) is 43.6 Å². The molecule has 0 bridgehead atoms. The van der Waals surface area contributed by atoms with Crippen molar-refractivity contribution < 1.29 is 4.79 Å². The van der Waals surface area contributed by atoms with Crippen LogP contribution in [-0.2, 0) is 6.54 Å². The van der Waals surface area contributed by atoms with Gasteiger partial charge in [0.1, 0.15) is 12.2 Å². The number of aryl methyl sites for hydroxylation is 1. The average molecular weight is 311 g/mol. The number of aromatic nitrogens is 4. The van der Waals surface area contributed by atoms with E-state index in [4.69, 9.17) is 0 Å². The van der Waals surface area contributed by atoms with E-state index in [0.717, 1.165) is 25.5 Å². The third-order valence-corrected chi connectivity index (χ3v) is 5.51. The van der Waals surface area contributed by atoms with Gasteiger partial charge in [0.15, 0.2) is 0 Å². The third-order valence-electron chi connectivity index (χ3n) is 5.51. The summed E-state index contributed by atoms with van der Waals surface area (Å²) in [5, 5.41) is 8.47. The first-order chi connectivity index (χ1) is 11.2. The molecule has 1 saturated heterocycles. The minimum absolute atomic E-state index is 0.101. The Morgan fingerprint density at radius 3 is 2.78 bits per heavy atom. The molecule has 2 aliphatic rings. The standard InChI is InChI=1S/C17H21N5O/c1-2-21-12-19-20-15(21)14-10-22(11-17(14)6-3-7-17)16(23)13-4-8-18-9-5-13/h4-5,8-9,12,14H,2-3,6-7,10-11H2,1H3. The highest BCUT2D eigenvalue weighted by molar-refractivity contribution is 5.94. The summed E-state index contributed by atoms with van der Waals surface area (Å²) >= 11 is 0. The van der Waals surface area contributed by atoms with Crippen molar-refractivity contribution in [3.8, 4) is 0 Å². The summed E-state index contributed by atoms with van der Waals surface area (Å²) in [5.41, 5.74) is 0.912. The van der Waals surface area contributed by atoms with Crippen molar-refractivity contribution in [2.45, 2.75) is 38.6 Å². The number of likely N-dealkylation sites (tertiary alicyclic amines) is 1. The second-order valence-electron chi connectivity index (χ2n) is 6.67. The molecule has 6 nitrogen and oxygen atoms in total. The Hall–Kier alpha value is -2.24. The van der Waals surface area contributed by atoms with Crippen LogP contribution in [0.4, 0.5) is 0 Å². The molecule has 4 rings (SSSR count). The van der Waals surface area contributed by atoms with Crippen molar-refractivity contribution in [2.75, 3.05) is 13.1 Å². The fourth-order valence-electron chi connectivity index (χ4n) is 4.07. The topological polar surface area (TPSA) is 63.9 Å². The molecule has 0 radical (unpaired) electrons. The van der Waals surface area contributed by atoms with E-state index in [1.807, 2.05) is 4.90 Å². The first-order valence-electron chi connectivity index (χ1n) is 8.30. The van der Waals surface area contributed by atoms with Crippen LogP contribution >= 0.6 is 0 Å². The van der Waals surface area contributed by atoms with Crippen LogP contribution in [0.2, 0.25) is 0 Å². The third kappa shape index (κ3) is 2.24. The molecule has 1 amide bonds. The normalized spacial score (nSPS) is 22.3. The molecule has 1 atom stereocenters. The van der Waals surface area contributed by atoms with E-state index in [9.17, 15) is 4.79 Å². The fraction of sp³-hybridized carbons (Fsp3) is 0.529. The molecule has 2 aromatic rings. The molecule has 6 heteroatoms. The summed E-state index contributed by atoms with van der Waals surface area (Å²) in [6, 6.07) is 3.58. The van der Waals surface area contributed by atoms with Crippen LogP contribution in [0.1, 0.15) is 48.3 Å². The zero-order valence-electron chi connectivity index (χ0n) is 13.4. The van der Waals surface area contributed by atoms with Gasteiger partial charge in [-0.1, -0.05) is 6.42 Å². The van der Waals surface area contributed by atoms with E-state index in [1.54, 1.807) is 30.9 Å². The summed E-state index contributed by atoms with van der Waals surface area (Å²) in [7, 11) is 0. The zero-order valence-corrected chi connectivity index (χ0v) is 13.4. The van der Waals surface area contributed by atoms with Crippen molar-refractivity contribution in [1.82, 2.24) is 24.6 Å². The lowest BCUT2D eigenvalue weighted by Crippen LogP contribution is -2.38. The number of rotatable bonds is 3. The lowest BCUT2D eigenvalue weighted by atomic mass is 9.62. The molecule has 2 aromatic heterocycles. The smallest absolute Gasteiger partial charge is 0.254 e. The lowest BCUT2D eigenvalue weighted by Gasteiger charge is -2.42. The Labute approximate surface area is 135 Å². The SMILES string of the molecule is CCn1cnnc1C1CN(C(=O)c2ccncc2)CC12CCC2. The molecule has 1 aliphatic heterocycles. The minimum atomic E-state index is 0.101. The van der Waals surface area contributed by atoms with E-state index in [2.05, 4.69) is 26.7 Å². The number of carbonyl (C=O) groups is 1. The van der Waals surface area contributed by atoms with Gasteiger partial charge in [0.25, 0.3) is 5.91 Å². The molecule has 3 heterocycles. The monoisotopic (exact) mass is 311 g/mol. The predicted molar refractivity (Wildman–Crippen MR) is 84.9 cm³/mol. The minimum Gasteiger partial charge on any atom is -0.337 e. The molecular weight excluding hydrogens is 290 g/mol. The van der Waals surface area contributed by atoms with Gasteiger partial charge in [-0.05, 0) is 37.3 Å². The second kappa shape index (κ2) is 5.44. The molecule has 1 unspecified atom stereocenters. The molecule has 120 valence electrons. The Kier molecular flexibility index (Phi) is 3.39. The van der Waals surface area contributed by atoms with Gasteiger partial charge < -0.3 is 9.47 Å². The maximum Gasteiger partial charge on any atom is 0.254 e. The van der Waals surface area contributed by atoms with Gasteiger partial charge in [-0.15, -0.1) is 10.2 Å². The molecule has 2 fully saturated rings. The predicted octanol–water partition coefficient (Wildman–Crippen LogP) is 2.10. The van der Waals surface area contributed by atoms with Crippen molar-refractivity contribution >= 4 is 5.91 Å². The van der Waals surface area contributed by atoms with Gasteiger partial charge in [0.05, 0.1) is 0 Å². The zero-order chi connectivity index (χ0) is 15.9. The van der Waals surface area contributed by atoms with Gasteiger partial charge >= 0.3 is 0 Å². The molecule has 1 aliphatic carbocycles. The number of pyridine rings is 1. The Morgan fingerprint density at radius 2 is 2.13 bits per heavy atom. The maximum atomic E-state index is 12.8. The van der Waals surface area contributed by atoms with Crippen LogP contribution in [0.25, 0.3) is 0 Å². The first-order valence-corrected chi connectivity index (χ1v) is 8.30. The number of amides is 1. The van der Waals surface area contributed by atoms with Crippen LogP contribution in [0.15, 0.2) is 30.9 Å². The average Bonchev–Trinajstić information content (AvgIpc) is 3.18. The quantitative estimate of drug-likeness (QED) is 0.871. The molecule has 0 N–H and O–H groups in total. The van der Waals surface area contributed by atoms with Crippen molar-refractivity contribution in [3.05, 3.63) is 42.2 Å². The van der Waals surface area contributed by atoms with Crippen LogP contribution in [0.5, 0.6) is 0 Å². The van der Waals surface area contributed by atoms with E-state index in [1.165, 1.54) is 19.3 Å². The summed E-state index contributed by atoms with van der Waals surface area (Å²) in [6.45, 7) is 4.54. The van der Waals surface area contributed by atoms with Gasteiger partial charge in [-0.25, -0.2) is 0 Å². The molecule has 23 heavy (non-hydrogen) atoms. The van der Waals surface area contributed by atoms with Gasteiger partial charge in [-0.2, -0.15) is 0 Å². The van der Waals surface area contributed by atoms with E-state index in [0.29, 0.717) is 11.5 Å². The van der Waals surface area contributed by atoms with Crippen molar-refractivity contribution in [1.29, 1.82) is 0 Å². The van der Waals surface area contributed by atoms with Gasteiger partial charge in [-0.3, -0.25) is 9.78 Å². The summed E-state index contributed by atoms with van der Waals surface area (Å²) in [4.78, 5) is 18.8. The van der Waals surface area contributed by atoms with Gasteiger partial charge in [0.2, 0.25) is 0 Å². The van der Waals surface area contributed by atoms with Crippen LogP contribution < -0.4 is 0 Å². The largest absolute Gasteiger partial charge is 0.337 e. The van der Waals surface area contributed by atoms with Crippen LogP contribution in [0.3, 0.4) is 0 Å². The van der Waals surface area contributed by atoms with Gasteiger partial charge in [0, 0.05) is 43.5 Å². The molecule has 1 spiro atoms. The van der Waals surface area contributed by atoms with Crippen LogP contribution in [0, 0.1) is 5.41 Å².